The van der Waals surface area contributed by atoms with E-state index in [1.807, 2.05) is 0 Å². The number of rotatable bonds is 7. The first kappa shape index (κ1) is 17.1. The van der Waals surface area contributed by atoms with E-state index >= 15 is 0 Å². The summed E-state index contributed by atoms with van der Waals surface area (Å²) in [4.78, 5) is 11.6. The standard InChI is InChI=1S/C19H26N2O3/c1-24-12-18(23)20-10-16-19(17(11-22)21-16)15-8-6-14(7-9-15)13-4-2-3-5-13/h4,6-9,16-17,19,21-22H,2-3,5,10-12H2,1H3,(H,20,23)/t16-,17-,19-/m0/s1. The summed E-state index contributed by atoms with van der Waals surface area (Å²) >= 11 is 0. The molecule has 24 heavy (non-hydrogen) atoms. The molecule has 3 N–H and O–H groups in total. The number of benzene rings is 1. The van der Waals surface area contributed by atoms with Gasteiger partial charge in [-0.25, -0.2) is 0 Å². The van der Waals surface area contributed by atoms with E-state index in [0.717, 1.165) is 6.42 Å². The smallest absolute Gasteiger partial charge is 0.246 e. The van der Waals surface area contributed by atoms with Gasteiger partial charge in [0.2, 0.25) is 5.91 Å². The topological polar surface area (TPSA) is 70.6 Å². The molecule has 130 valence electrons. The maximum Gasteiger partial charge on any atom is 0.246 e. The third-order valence-corrected chi connectivity index (χ3v) is 4.99. The summed E-state index contributed by atoms with van der Waals surface area (Å²) in [5.41, 5.74) is 3.95. The van der Waals surface area contributed by atoms with Crippen molar-refractivity contribution in [1.82, 2.24) is 10.6 Å². The van der Waals surface area contributed by atoms with Crippen LogP contribution in [0.25, 0.3) is 5.57 Å². The molecule has 0 aromatic heterocycles. The van der Waals surface area contributed by atoms with E-state index in [1.54, 1.807) is 0 Å². The van der Waals surface area contributed by atoms with E-state index in [1.165, 1.54) is 36.7 Å². The minimum Gasteiger partial charge on any atom is -0.395 e. The lowest BCUT2D eigenvalue weighted by atomic mass is 9.77. The molecular weight excluding hydrogens is 304 g/mol. The second-order valence-corrected chi connectivity index (χ2v) is 6.57. The minimum atomic E-state index is -0.117. The Morgan fingerprint density at radius 3 is 2.75 bits per heavy atom. The molecule has 0 bridgehead atoms. The maximum absolute atomic E-state index is 11.6. The van der Waals surface area contributed by atoms with E-state index in [9.17, 15) is 9.90 Å². The van der Waals surface area contributed by atoms with Crippen molar-refractivity contribution in [2.45, 2.75) is 37.3 Å². The van der Waals surface area contributed by atoms with Crippen molar-refractivity contribution in [2.75, 3.05) is 26.9 Å². The monoisotopic (exact) mass is 330 g/mol. The predicted molar refractivity (Wildman–Crippen MR) is 93.7 cm³/mol. The number of nitrogens with one attached hydrogen (secondary N) is 2. The van der Waals surface area contributed by atoms with Crippen LogP contribution in [0.4, 0.5) is 0 Å². The van der Waals surface area contributed by atoms with Crippen LogP contribution in [0.1, 0.15) is 36.3 Å². The van der Waals surface area contributed by atoms with Crippen LogP contribution >= 0.6 is 0 Å². The first-order chi connectivity index (χ1) is 11.7. The first-order valence-corrected chi connectivity index (χ1v) is 8.65. The number of allylic oxidation sites excluding steroid dienone is 2. The second-order valence-electron chi connectivity index (χ2n) is 6.57. The van der Waals surface area contributed by atoms with Gasteiger partial charge in [-0.15, -0.1) is 0 Å². The fourth-order valence-electron chi connectivity index (χ4n) is 3.72. The highest BCUT2D eigenvalue weighted by atomic mass is 16.5. The Morgan fingerprint density at radius 2 is 2.12 bits per heavy atom. The maximum atomic E-state index is 11.6. The summed E-state index contributed by atoms with van der Waals surface area (Å²) < 4.78 is 4.83. The van der Waals surface area contributed by atoms with Crippen LogP contribution in [0.15, 0.2) is 30.3 Å². The van der Waals surface area contributed by atoms with Crippen LogP contribution in [0, 0.1) is 0 Å². The molecule has 1 aromatic rings. The van der Waals surface area contributed by atoms with Gasteiger partial charge in [-0.1, -0.05) is 30.3 Å². The Morgan fingerprint density at radius 1 is 1.33 bits per heavy atom. The molecule has 1 fully saturated rings. The van der Waals surface area contributed by atoms with Crippen molar-refractivity contribution < 1.29 is 14.6 Å². The van der Waals surface area contributed by atoms with E-state index < -0.39 is 0 Å². The Bertz CT molecular complexity index is 597. The van der Waals surface area contributed by atoms with Crippen molar-refractivity contribution in [3.8, 4) is 0 Å². The molecule has 1 saturated heterocycles. The number of ether oxygens (including phenoxy) is 1. The third-order valence-electron chi connectivity index (χ3n) is 4.99. The van der Waals surface area contributed by atoms with E-state index in [-0.39, 0.29) is 37.1 Å². The Hall–Kier alpha value is -1.69. The summed E-state index contributed by atoms with van der Waals surface area (Å²) in [5.74, 6) is 0.0958. The molecule has 2 aliphatic rings. The summed E-state index contributed by atoms with van der Waals surface area (Å²) in [5, 5.41) is 15.7. The molecule has 0 saturated carbocycles. The molecule has 0 spiro atoms. The van der Waals surface area contributed by atoms with Crippen LogP contribution in [0.3, 0.4) is 0 Å². The Kier molecular flexibility index (Phi) is 5.66. The zero-order valence-corrected chi connectivity index (χ0v) is 14.1. The number of amides is 1. The van der Waals surface area contributed by atoms with Crippen LogP contribution in [-0.2, 0) is 9.53 Å². The minimum absolute atomic E-state index is 0.0471. The summed E-state index contributed by atoms with van der Waals surface area (Å²) in [7, 11) is 1.51. The van der Waals surface area contributed by atoms with Crippen LogP contribution < -0.4 is 10.6 Å². The third kappa shape index (κ3) is 3.69. The van der Waals surface area contributed by atoms with Gasteiger partial charge in [0, 0.05) is 31.7 Å². The molecule has 1 heterocycles. The lowest BCUT2D eigenvalue weighted by Gasteiger charge is -2.46. The number of aliphatic hydroxyl groups excluding tert-OH is 1. The molecule has 3 atom stereocenters. The summed E-state index contributed by atoms with van der Waals surface area (Å²) in [6.45, 7) is 0.709. The van der Waals surface area contributed by atoms with Crippen molar-refractivity contribution in [3.63, 3.8) is 0 Å². The van der Waals surface area contributed by atoms with Gasteiger partial charge in [0.15, 0.2) is 0 Å². The fraction of sp³-hybridized carbons (Fsp3) is 0.526. The molecule has 5 heteroatoms. The molecule has 1 aliphatic carbocycles. The van der Waals surface area contributed by atoms with Gasteiger partial charge in [-0.3, -0.25) is 4.79 Å². The van der Waals surface area contributed by atoms with E-state index in [0.29, 0.717) is 6.54 Å². The second kappa shape index (κ2) is 7.92. The predicted octanol–water partition coefficient (Wildman–Crippen LogP) is 1.43. The van der Waals surface area contributed by atoms with Gasteiger partial charge >= 0.3 is 0 Å². The van der Waals surface area contributed by atoms with Gasteiger partial charge in [-0.05, 0) is 36.0 Å². The summed E-state index contributed by atoms with van der Waals surface area (Å²) in [6.07, 6.45) is 5.92. The fourth-order valence-corrected chi connectivity index (χ4v) is 3.72. The lowest BCUT2D eigenvalue weighted by Crippen LogP contribution is -2.64. The van der Waals surface area contributed by atoms with Gasteiger partial charge in [0.25, 0.3) is 0 Å². The molecule has 1 amide bonds. The highest BCUT2D eigenvalue weighted by Crippen LogP contribution is 2.34. The molecule has 3 rings (SSSR count). The average Bonchev–Trinajstić information content (AvgIpc) is 3.09. The van der Waals surface area contributed by atoms with Gasteiger partial charge in [0.1, 0.15) is 6.61 Å². The quantitative estimate of drug-likeness (QED) is 0.707. The van der Waals surface area contributed by atoms with Gasteiger partial charge in [-0.2, -0.15) is 0 Å². The van der Waals surface area contributed by atoms with Crippen molar-refractivity contribution in [1.29, 1.82) is 0 Å². The number of hydrogen-bond donors (Lipinski definition) is 3. The summed E-state index contributed by atoms with van der Waals surface area (Å²) in [6, 6.07) is 8.86. The Labute approximate surface area is 143 Å². The first-order valence-electron chi connectivity index (χ1n) is 8.65. The molecule has 1 aliphatic heterocycles. The van der Waals surface area contributed by atoms with E-state index in [4.69, 9.17) is 4.74 Å². The van der Waals surface area contributed by atoms with Crippen molar-refractivity contribution in [3.05, 3.63) is 41.5 Å². The number of aliphatic hydroxyl groups is 1. The molecule has 1 aromatic carbocycles. The van der Waals surface area contributed by atoms with Crippen molar-refractivity contribution >= 4 is 11.5 Å². The Balaban J connectivity index is 1.64. The largest absolute Gasteiger partial charge is 0.395 e. The van der Waals surface area contributed by atoms with Crippen LogP contribution in [-0.4, -0.2) is 50.0 Å². The zero-order valence-electron chi connectivity index (χ0n) is 14.1. The molecule has 5 nitrogen and oxygen atoms in total. The zero-order chi connectivity index (χ0) is 16.9. The van der Waals surface area contributed by atoms with Crippen molar-refractivity contribution in [2.24, 2.45) is 0 Å². The van der Waals surface area contributed by atoms with Crippen LogP contribution in [0.5, 0.6) is 0 Å². The van der Waals surface area contributed by atoms with E-state index in [2.05, 4.69) is 41.0 Å². The lowest BCUT2D eigenvalue weighted by molar-refractivity contribution is -0.125. The SMILES string of the molecule is COCC(=O)NC[C@@H]1N[C@@H](CO)[C@H]1c1ccc(C2=CCCC2)cc1. The number of carbonyl (C=O) groups is 1. The molecule has 0 radical (unpaired) electrons. The molecule has 0 unspecified atom stereocenters. The number of hydrogen-bond acceptors (Lipinski definition) is 4. The number of carbonyl (C=O) groups excluding carboxylic acids is 1. The van der Waals surface area contributed by atoms with Gasteiger partial charge < -0.3 is 20.5 Å². The average molecular weight is 330 g/mol. The highest BCUT2D eigenvalue weighted by Gasteiger charge is 2.40. The van der Waals surface area contributed by atoms with Gasteiger partial charge in [0.05, 0.1) is 6.61 Å². The highest BCUT2D eigenvalue weighted by molar-refractivity contribution is 5.77. The number of methoxy groups -OCH3 is 1. The van der Waals surface area contributed by atoms with Crippen LogP contribution in [0.2, 0.25) is 0 Å². The normalized spacial score (nSPS) is 25.9. The molecular formula is C19H26N2O3.